The molecule has 0 aromatic carbocycles. The van der Waals surface area contributed by atoms with E-state index in [0.29, 0.717) is 5.95 Å². The topological polar surface area (TPSA) is 37.8 Å². The Kier molecular flexibility index (Phi) is 3.18. The van der Waals surface area contributed by atoms with Crippen LogP contribution in [0.2, 0.25) is 0 Å². The first-order valence-electron chi connectivity index (χ1n) is 4.86. The summed E-state index contributed by atoms with van der Waals surface area (Å²) in [7, 11) is 1.80. The Hall–Kier alpha value is -1.86. The first-order valence-corrected chi connectivity index (χ1v) is 5.74. The maximum absolute atomic E-state index is 4.44. The Balaban J connectivity index is 2.58. The van der Waals surface area contributed by atoms with E-state index >= 15 is 0 Å². The van der Waals surface area contributed by atoms with Crippen LogP contribution in [0.4, 0.5) is 5.95 Å². The molecule has 0 amide bonds. The quantitative estimate of drug-likeness (QED) is 0.804. The lowest BCUT2D eigenvalue weighted by Gasteiger charge is -2.03. The van der Waals surface area contributed by atoms with Crippen LogP contribution < -0.4 is 5.32 Å². The predicted octanol–water partition coefficient (Wildman–Crippen LogP) is 2.62. The van der Waals surface area contributed by atoms with E-state index < -0.39 is 0 Å². The molecule has 2 aromatic heterocycles. The molecule has 3 nitrogen and oxygen atoms in total. The van der Waals surface area contributed by atoms with Crippen molar-refractivity contribution in [2.75, 3.05) is 12.4 Å². The minimum Gasteiger partial charge on any atom is -0.357 e. The third kappa shape index (κ3) is 2.05. The minimum atomic E-state index is 0.616. The van der Waals surface area contributed by atoms with Crippen LogP contribution in [0.25, 0.3) is 10.6 Å². The van der Waals surface area contributed by atoms with Gasteiger partial charge in [-0.1, -0.05) is 12.0 Å². The summed E-state index contributed by atoms with van der Waals surface area (Å²) in [5, 5.41) is 4.96. The second-order valence-electron chi connectivity index (χ2n) is 3.06. The minimum absolute atomic E-state index is 0.616. The van der Waals surface area contributed by atoms with Crippen molar-refractivity contribution >= 4 is 17.3 Å². The van der Waals surface area contributed by atoms with Crippen LogP contribution in [0.3, 0.4) is 0 Å². The Labute approximate surface area is 98.6 Å². The second-order valence-corrected chi connectivity index (χ2v) is 4.01. The fourth-order valence-corrected chi connectivity index (χ4v) is 2.06. The van der Waals surface area contributed by atoms with E-state index in [-0.39, 0.29) is 0 Å². The number of thiophene rings is 1. The maximum Gasteiger partial charge on any atom is 0.223 e. The van der Waals surface area contributed by atoms with Gasteiger partial charge in [-0.15, -0.1) is 17.3 Å². The van der Waals surface area contributed by atoms with Crippen molar-refractivity contribution in [2.24, 2.45) is 0 Å². The highest BCUT2D eigenvalue weighted by Crippen LogP contribution is 2.26. The van der Waals surface area contributed by atoms with Crippen LogP contribution in [0, 0.1) is 11.8 Å². The van der Waals surface area contributed by atoms with E-state index in [9.17, 15) is 0 Å². The molecule has 0 atom stereocenters. The number of aromatic nitrogens is 2. The van der Waals surface area contributed by atoms with Gasteiger partial charge in [0.1, 0.15) is 5.69 Å². The summed E-state index contributed by atoms with van der Waals surface area (Å²) in [4.78, 5) is 9.71. The highest BCUT2D eigenvalue weighted by molar-refractivity contribution is 7.13. The molecule has 2 aromatic rings. The van der Waals surface area contributed by atoms with Gasteiger partial charge in [-0.3, -0.25) is 0 Å². The number of anilines is 1. The van der Waals surface area contributed by atoms with Gasteiger partial charge < -0.3 is 5.32 Å². The first-order chi connectivity index (χ1) is 7.85. The summed E-state index contributed by atoms with van der Waals surface area (Å²) in [5.74, 6) is 6.51. The smallest absolute Gasteiger partial charge is 0.223 e. The van der Waals surface area contributed by atoms with Gasteiger partial charge in [0.05, 0.1) is 10.4 Å². The molecule has 1 N–H and O–H groups in total. The molecule has 0 saturated carbocycles. The van der Waals surface area contributed by atoms with E-state index in [1.165, 1.54) is 0 Å². The average Bonchev–Trinajstić information content (AvgIpc) is 2.83. The lowest BCUT2D eigenvalue weighted by atomic mass is 10.2. The zero-order chi connectivity index (χ0) is 11.4. The van der Waals surface area contributed by atoms with Crippen LogP contribution >= 0.6 is 11.3 Å². The summed E-state index contributed by atoms with van der Waals surface area (Å²) >= 11 is 1.65. The van der Waals surface area contributed by atoms with Crippen molar-refractivity contribution in [3.8, 4) is 22.4 Å². The largest absolute Gasteiger partial charge is 0.357 e. The van der Waals surface area contributed by atoms with Gasteiger partial charge in [-0.25, -0.2) is 9.97 Å². The summed E-state index contributed by atoms with van der Waals surface area (Å²) in [6.07, 6.45) is 1.75. The van der Waals surface area contributed by atoms with Gasteiger partial charge in [0.2, 0.25) is 5.95 Å². The van der Waals surface area contributed by atoms with Crippen LogP contribution in [0.1, 0.15) is 12.5 Å². The van der Waals surface area contributed by atoms with E-state index in [1.807, 2.05) is 24.4 Å². The Morgan fingerprint density at radius 1 is 1.44 bits per heavy atom. The normalized spacial score (nSPS) is 9.38. The number of nitrogens with zero attached hydrogens (tertiary/aromatic N) is 2. The third-order valence-electron chi connectivity index (χ3n) is 2.03. The average molecular weight is 229 g/mol. The molecule has 0 unspecified atom stereocenters. The van der Waals surface area contributed by atoms with Gasteiger partial charge in [-0.2, -0.15) is 0 Å². The molecule has 2 heterocycles. The molecule has 0 fully saturated rings. The molecule has 0 aliphatic carbocycles. The Bertz CT molecular complexity index is 535. The molecule has 0 radical (unpaired) electrons. The standard InChI is InChI=1S/C12H11N3S/c1-3-5-9-8-14-12(13-2)15-11(9)10-6-4-7-16-10/h4,6-8H,1-2H3,(H,13,14,15). The van der Waals surface area contributed by atoms with E-state index in [4.69, 9.17) is 0 Å². The summed E-state index contributed by atoms with van der Waals surface area (Å²) in [5.41, 5.74) is 1.76. The molecule has 4 heteroatoms. The highest BCUT2D eigenvalue weighted by atomic mass is 32.1. The van der Waals surface area contributed by atoms with Crippen molar-refractivity contribution < 1.29 is 0 Å². The molecule has 0 spiro atoms. The molecule has 80 valence electrons. The number of rotatable bonds is 2. The molecule has 16 heavy (non-hydrogen) atoms. The second kappa shape index (κ2) is 4.77. The van der Waals surface area contributed by atoms with Crippen molar-refractivity contribution in [3.63, 3.8) is 0 Å². The van der Waals surface area contributed by atoms with Crippen LogP contribution in [0.5, 0.6) is 0 Å². The zero-order valence-electron chi connectivity index (χ0n) is 9.11. The summed E-state index contributed by atoms with van der Waals surface area (Å²) < 4.78 is 0. The number of hydrogen-bond acceptors (Lipinski definition) is 4. The molecular formula is C12H11N3S. The van der Waals surface area contributed by atoms with Gasteiger partial charge >= 0.3 is 0 Å². The summed E-state index contributed by atoms with van der Waals surface area (Å²) in [6.45, 7) is 1.81. The monoisotopic (exact) mass is 229 g/mol. The maximum atomic E-state index is 4.44. The first kappa shape index (κ1) is 10.7. The molecule has 0 saturated heterocycles. The van der Waals surface area contributed by atoms with Crippen molar-refractivity contribution in [1.29, 1.82) is 0 Å². The predicted molar refractivity (Wildman–Crippen MR) is 67.4 cm³/mol. The number of nitrogens with one attached hydrogen (secondary N) is 1. The SMILES string of the molecule is CC#Cc1cnc(NC)nc1-c1cccs1. The van der Waals surface area contributed by atoms with Crippen LogP contribution in [0.15, 0.2) is 23.7 Å². The van der Waals surface area contributed by atoms with Crippen molar-refractivity contribution in [3.05, 3.63) is 29.3 Å². The van der Waals surface area contributed by atoms with Crippen molar-refractivity contribution in [1.82, 2.24) is 9.97 Å². The van der Waals surface area contributed by atoms with Gasteiger partial charge in [0.15, 0.2) is 0 Å². The Morgan fingerprint density at radius 2 is 2.31 bits per heavy atom. The van der Waals surface area contributed by atoms with E-state index in [1.54, 1.807) is 24.6 Å². The molecule has 2 rings (SSSR count). The lowest BCUT2D eigenvalue weighted by molar-refractivity contribution is 1.15. The fraction of sp³-hybridized carbons (Fsp3) is 0.167. The van der Waals surface area contributed by atoms with E-state index in [0.717, 1.165) is 16.1 Å². The van der Waals surface area contributed by atoms with Crippen LogP contribution in [-0.4, -0.2) is 17.0 Å². The third-order valence-corrected chi connectivity index (χ3v) is 2.90. The fourth-order valence-electron chi connectivity index (χ4n) is 1.33. The molecule has 0 aliphatic heterocycles. The number of hydrogen-bond donors (Lipinski definition) is 1. The van der Waals surface area contributed by atoms with Crippen LogP contribution in [-0.2, 0) is 0 Å². The van der Waals surface area contributed by atoms with Gasteiger partial charge in [0.25, 0.3) is 0 Å². The molecular weight excluding hydrogens is 218 g/mol. The summed E-state index contributed by atoms with van der Waals surface area (Å²) in [6, 6.07) is 4.04. The Morgan fingerprint density at radius 3 is 2.94 bits per heavy atom. The zero-order valence-corrected chi connectivity index (χ0v) is 9.93. The lowest BCUT2D eigenvalue weighted by Crippen LogP contribution is -1.98. The molecule has 0 bridgehead atoms. The molecule has 0 aliphatic rings. The highest BCUT2D eigenvalue weighted by Gasteiger charge is 2.08. The van der Waals surface area contributed by atoms with Crippen molar-refractivity contribution in [2.45, 2.75) is 6.92 Å². The van der Waals surface area contributed by atoms with Gasteiger partial charge in [-0.05, 0) is 18.4 Å². The van der Waals surface area contributed by atoms with Gasteiger partial charge in [0, 0.05) is 13.2 Å². The van der Waals surface area contributed by atoms with E-state index in [2.05, 4.69) is 27.1 Å².